The van der Waals surface area contributed by atoms with Crippen LogP contribution in [-0.4, -0.2) is 41.0 Å². The predicted octanol–water partition coefficient (Wildman–Crippen LogP) is 8.39. The van der Waals surface area contributed by atoms with Crippen molar-refractivity contribution in [3.8, 4) is 11.3 Å². The highest BCUT2D eigenvalue weighted by atomic mass is 15.2. The number of hydrogen-bond donors (Lipinski definition) is 0. The quantitative estimate of drug-likeness (QED) is 0.164. The molecule has 0 aliphatic heterocycles. The molecule has 0 radical (unpaired) electrons. The van der Waals surface area contributed by atoms with Crippen LogP contribution in [-0.2, 0) is 19.5 Å². The monoisotopic (exact) mass is 499 g/mol. The molecule has 3 rings (SSSR count). The van der Waals surface area contributed by atoms with Crippen LogP contribution in [0.4, 0.5) is 0 Å². The van der Waals surface area contributed by atoms with Gasteiger partial charge in [0.1, 0.15) is 0 Å². The SMILES string of the molecule is CCCCCc1ccc(CN(CCN(CCCC)CCCC)Cc2ccc(-c3ccccn3)cc2)cc1. The van der Waals surface area contributed by atoms with Crippen molar-refractivity contribution in [1.29, 1.82) is 0 Å². The molecule has 0 atom stereocenters. The van der Waals surface area contributed by atoms with Crippen LogP contribution < -0.4 is 0 Å². The van der Waals surface area contributed by atoms with Crippen LogP contribution in [0.25, 0.3) is 11.3 Å². The van der Waals surface area contributed by atoms with E-state index >= 15 is 0 Å². The molecule has 0 N–H and O–H groups in total. The minimum absolute atomic E-state index is 0.968. The molecule has 0 fully saturated rings. The molecule has 3 heteroatoms. The highest BCUT2D eigenvalue weighted by Crippen LogP contribution is 2.19. The summed E-state index contributed by atoms with van der Waals surface area (Å²) in [5, 5.41) is 0. The Kier molecular flexibility index (Phi) is 13.4. The molecule has 3 nitrogen and oxygen atoms in total. The van der Waals surface area contributed by atoms with Gasteiger partial charge in [0.15, 0.2) is 0 Å². The number of aromatic nitrogens is 1. The van der Waals surface area contributed by atoms with Gasteiger partial charge in [0.25, 0.3) is 0 Å². The average Bonchev–Trinajstić information content (AvgIpc) is 2.94. The van der Waals surface area contributed by atoms with Crippen molar-refractivity contribution in [2.24, 2.45) is 0 Å². The largest absolute Gasteiger partial charge is 0.302 e. The van der Waals surface area contributed by atoms with Gasteiger partial charge in [-0.2, -0.15) is 0 Å². The Morgan fingerprint density at radius 2 is 1.11 bits per heavy atom. The summed E-state index contributed by atoms with van der Waals surface area (Å²) in [6, 6.07) is 24.5. The van der Waals surface area contributed by atoms with E-state index in [1.807, 2.05) is 12.3 Å². The summed E-state index contributed by atoms with van der Waals surface area (Å²) < 4.78 is 0. The van der Waals surface area contributed by atoms with Gasteiger partial charge in [0.05, 0.1) is 5.69 Å². The molecule has 3 aromatic rings. The summed E-state index contributed by atoms with van der Waals surface area (Å²) in [6.07, 6.45) is 12.1. The number of benzene rings is 2. The molecule has 0 saturated carbocycles. The summed E-state index contributed by atoms with van der Waals surface area (Å²) in [6.45, 7) is 13.5. The third-order valence-electron chi connectivity index (χ3n) is 7.21. The summed E-state index contributed by atoms with van der Waals surface area (Å²) in [5.41, 5.74) is 6.47. The van der Waals surface area contributed by atoms with Gasteiger partial charge in [-0.25, -0.2) is 0 Å². The zero-order valence-corrected chi connectivity index (χ0v) is 23.7. The fourth-order valence-electron chi connectivity index (χ4n) is 4.82. The molecule has 0 saturated heterocycles. The number of hydrogen-bond acceptors (Lipinski definition) is 3. The van der Waals surface area contributed by atoms with Crippen LogP contribution in [0.2, 0.25) is 0 Å². The maximum atomic E-state index is 4.51. The van der Waals surface area contributed by atoms with E-state index in [2.05, 4.69) is 96.2 Å². The Morgan fingerprint density at radius 3 is 1.68 bits per heavy atom. The summed E-state index contributed by atoms with van der Waals surface area (Å²) in [7, 11) is 0. The van der Waals surface area contributed by atoms with Crippen LogP contribution in [0.15, 0.2) is 72.9 Å². The number of nitrogens with zero attached hydrogens (tertiary/aromatic N) is 3. The first kappa shape index (κ1) is 29.1. The molecular formula is C34H49N3. The molecule has 0 unspecified atom stereocenters. The predicted molar refractivity (Wildman–Crippen MR) is 160 cm³/mol. The lowest BCUT2D eigenvalue weighted by atomic mass is 10.0. The highest BCUT2D eigenvalue weighted by molar-refractivity contribution is 5.58. The fraction of sp³-hybridized carbons (Fsp3) is 0.500. The van der Waals surface area contributed by atoms with Gasteiger partial charge in [-0.1, -0.05) is 101 Å². The molecule has 0 spiro atoms. The van der Waals surface area contributed by atoms with Crippen LogP contribution in [0.1, 0.15) is 82.4 Å². The van der Waals surface area contributed by atoms with E-state index in [0.29, 0.717) is 0 Å². The van der Waals surface area contributed by atoms with Crippen molar-refractivity contribution >= 4 is 0 Å². The molecule has 2 aromatic carbocycles. The fourth-order valence-corrected chi connectivity index (χ4v) is 4.82. The number of pyridine rings is 1. The second-order valence-electron chi connectivity index (χ2n) is 10.4. The van der Waals surface area contributed by atoms with Crippen molar-refractivity contribution < 1.29 is 0 Å². The Labute approximate surface area is 226 Å². The van der Waals surface area contributed by atoms with Crippen molar-refractivity contribution in [3.05, 3.63) is 89.6 Å². The van der Waals surface area contributed by atoms with Gasteiger partial charge in [-0.3, -0.25) is 9.88 Å². The van der Waals surface area contributed by atoms with Gasteiger partial charge in [0, 0.05) is 37.9 Å². The standard InChI is InChI=1S/C34H49N3/c1-4-7-10-13-30-15-17-31(18-16-30)28-37(27-26-36(24-8-5-2)25-9-6-3)29-32-19-21-33(22-20-32)34-14-11-12-23-35-34/h11-12,14-23H,4-10,13,24-29H2,1-3H3. The minimum atomic E-state index is 0.968. The number of aryl methyl sites for hydroxylation is 1. The number of rotatable bonds is 18. The van der Waals surface area contributed by atoms with Crippen molar-refractivity contribution in [1.82, 2.24) is 14.8 Å². The van der Waals surface area contributed by atoms with Gasteiger partial charge in [-0.05, 0) is 67.6 Å². The van der Waals surface area contributed by atoms with Crippen LogP contribution >= 0.6 is 0 Å². The maximum Gasteiger partial charge on any atom is 0.0701 e. The highest BCUT2D eigenvalue weighted by Gasteiger charge is 2.12. The molecule has 0 amide bonds. The molecule has 0 aliphatic rings. The molecule has 1 heterocycles. The van der Waals surface area contributed by atoms with Crippen molar-refractivity contribution in [2.45, 2.75) is 85.2 Å². The van der Waals surface area contributed by atoms with Crippen LogP contribution in [0.5, 0.6) is 0 Å². The zero-order chi connectivity index (χ0) is 26.1. The van der Waals surface area contributed by atoms with Crippen molar-refractivity contribution in [2.75, 3.05) is 26.2 Å². The summed E-state index contributed by atoms with van der Waals surface area (Å²) in [5.74, 6) is 0. The van der Waals surface area contributed by atoms with Crippen LogP contribution in [0, 0.1) is 0 Å². The normalized spacial score (nSPS) is 11.5. The Balaban J connectivity index is 1.67. The number of unbranched alkanes of at least 4 members (excludes halogenated alkanes) is 4. The Bertz CT molecular complexity index is 958. The van der Waals surface area contributed by atoms with E-state index in [-0.39, 0.29) is 0 Å². The first-order chi connectivity index (χ1) is 18.2. The van der Waals surface area contributed by atoms with E-state index in [1.54, 1.807) is 0 Å². The third-order valence-corrected chi connectivity index (χ3v) is 7.21. The van der Waals surface area contributed by atoms with Crippen LogP contribution in [0.3, 0.4) is 0 Å². The van der Waals surface area contributed by atoms with Gasteiger partial charge < -0.3 is 4.90 Å². The first-order valence-corrected chi connectivity index (χ1v) is 14.7. The summed E-state index contributed by atoms with van der Waals surface area (Å²) in [4.78, 5) is 9.82. The molecular weight excluding hydrogens is 450 g/mol. The van der Waals surface area contributed by atoms with E-state index in [9.17, 15) is 0 Å². The minimum Gasteiger partial charge on any atom is -0.302 e. The molecule has 37 heavy (non-hydrogen) atoms. The lowest BCUT2D eigenvalue weighted by Crippen LogP contribution is -2.36. The summed E-state index contributed by atoms with van der Waals surface area (Å²) >= 11 is 0. The van der Waals surface area contributed by atoms with E-state index < -0.39 is 0 Å². The van der Waals surface area contributed by atoms with Gasteiger partial charge in [0.2, 0.25) is 0 Å². The Hall–Kier alpha value is -2.49. The maximum absolute atomic E-state index is 4.51. The topological polar surface area (TPSA) is 19.4 Å². The first-order valence-electron chi connectivity index (χ1n) is 14.7. The second kappa shape index (κ2) is 17.1. The van der Waals surface area contributed by atoms with E-state index in [4.69, 9.17) is 0 Å². The average molecular weight is 500 g/mol. The smallest absolute Gasteiger partial charge is 0.0701 e. The lowest BCUT2D eigenvalue weighted by molar-refractivity contribution is 0.189. The van der Waals surface area contributed by atoms with E-state index in [0.717, 1.165) is 31.9 Å². The molecule has 200 valence electrons. The second-order valence-corrected chi connectivity index (χ2v) is 10.4. The third kappa shape index (κ3) is 10.8. The lowest BCUT2D eigenvalue weighted by Gasteiger charge is -2.28. The molecule has 0 aliphatic carbocycles. The zero-order valence-electron chi connectivity index (χ0n) is 23.7. The Morgan fingerprint density at radius 1 is 0.541 bits per heavy atom. The molecule has 0 bridgehead atoms. The molecule has 1 aromatic heterocycles. The van der Waals surface area contributed by atoms with Gasteiger partial charge in [-0.15, -0.1) is 0 Å². The van der Waals surface area contributed by atoms with Gasteiger partial charge >= 0.3 is 0 Å². The van der Waals surface area contributed by atoms with Crippen molar-refractivity contribution in [3.63, 3.8) is 0 Å². The van der Waals surface area contributed by atoms with E-state index in [1.165, 1.54) is 86.7 Å².